The van der Waals surface area contributed by atoms with Crippen molar-refractivity contribution in [3.05, 3.63) is 34.9 Å². The third-order valence-corrected chi connectivity index (χ3v) is 5.84. The Hall–Kier alpha value is -0.520. The number of carbonyl (C=O) groups is 1. The summed E-state index contributed by atoms with van der Waals surface area (Å²) in [5.41, 5.74) is 7.32. The van der Waals surface area contributed by atoms with E-state index in [0.29, 0.717) is 11.9 Å². The zero-order valence-corrected chi connectivity index (χ0v) is 17.7. The molecule has 3 unspecified atom stereocenters. The average molecular weight is 423 g/mol. The van der Waals surface area contributed by atoms with Crippen LogP contribution >= 0.6 is 36.4 Å². The molecule has 148 valence electrons. The molecular weight excluding hydrogens is 393 g/mol. The Morgan fingerprint density at radius 3 is 2.31 bits per heavy atom. The van der Waals surface area contributed by atoms with Crippen molar-refractivity contribution < 1.29 is 4.79 Å². The highest BCUT2D eigenvalue weighted by Gasteiger charge is 2.31. The quantitative estimate of drug-likeness (QED) is 0.803. The van der Waals surface area contributed by atoms with E-state index in [1.54, 1.807) is 0 Å². The first kappa shape index (κ1) is 23.5. The van der Waals surface area contributed by atoms with Gasteiger partial charge in [0, 0.05) is 49.2 Å². The fourth-order valence-electron chi connectivity index (χ4n) is 3.99. The third kappa shape index (κ3) is 5.74. The van der Waals surface area contributed by atoms with Crippen molar-refractivity contribution in [2.24, 2.45) is 11.7 Å². The molecule has 1 saturated heterocycles. The molecule has 1 amide bonds. The molecule has 1 aliphatic heterocycles. The van der Waals surface area contributed by atoms with Crippen molar-refractivity contribution in [1.82, 2.24) is 9.80 Å². The largest absolute Gasteiger partial charge is 0.340 e. The van der Waals surface area contributed by atoms with Crippen LogP contribution in [0.15, 0.2) is 24.3 Å². The first-order chi connectivity index (χ1) is 11.5. The molecular formula is C19H30Cl3N3O. The van der Waals surface area contributed by atoms with Gasteiger partial charge in [-0.25, -0.2) is 0 Å². The molecule has 26 heavy (non-hydrogen) atoms. The van der Waals surface area contributed by atoms with E-state index in [4.69, 9.17) is 17.3 Å². The predicted molar refractivity (Wildman–Crippen MR) is 112 cm³/mol. The second-order valence-corrected chi connectivity index (χ2v) is 7.65. The Bertz CT molecular complexity index is 562. The van der Waals surface area contributed by atoms with Gasteiger partial charge in [-0.1, -0.05) is 30.2 Å². The second kappa shape index (κ2) is 10.7. The lowest BCUT2D eigenvalue weighted by atomic mass is 9.85. The van der Waals surface area contributed by atoms with Crippen LogP contribution in [0.25, 0.3) is 0 Å². The molecule has 4 nitrogen and oxygen atoms in total. The molecule has 0 spiro atoms. The maximum absolute atomic E-state index is 12.7. The summed E-state index contributed by atoms with van der Waals surface area (Å²) in [5, 5.41) is 0.770. The van der Waals surface area contributed by atoms with E-state index in [1.807, 2.05) is 17.0 Å². The van der Waals surface area contributed by atoms with Crippen LogP contribution in [0.2, 0.25) is 5.02 Å². The van der Waals surface area contributed by atoms with E-state index in [-0.39, 0.29) is 36.8 Å². The summed E-state index contributed by atoms with van der Waals surface area (Å²) in [6, 6.07) is 8.63. The number of benzene rings is 1. The lowest BCUT2D eigenvalue weighted by Crippen LogP contribution is -2.51. The van der Waals surface area contributed by atoms with Gasteiger partial charge >= 0.3 is 0 Å². The van der Waals surface area contributed by atoms with Gasteiger partial charge in [0.15, 0.2) is 0 Å². The van der Waals surface area contributed by atoms with Gasteiger partial charge in [0.25, 0.3) is 0 Å². The number of hydrogen-bond donors (Lipinski definition) is 1. The SMILES string of the molecule is CC(c1ccc(Cl)cc1)N1CCN(C(=O)C2CCCC(N)C2)CC1.Cl.Cl. The molecule has 1 saturated carbocycles. The van der Waals surface area contributed by atoms with E-state index in [1.165, 1.54) is 5.56 Å². The zero-order valence-electron chi connectivity index (χ0n) is 15.3. The van der Waals surface area contributed by atoms with E-state index >= 15 is 0 Å². The molecule has 1 aromatic carbocycles. The Balaban J connectivity index is 0.00000169. The summed E-state index contributed by atoms with van der Waals surface area (Å²) in [5.74, 6) is 0.470. The minimum absolute atomic E-state index is 0. The molecule has 2 fully saturated rings. The Kier molecular flexibility index (Phi) is 9.70. The first-order valence-corrected chi connectivity index (χ1v) is 9.46. The van der Waals surface area contributed by atoms with E-state index in [9.17, 15) is 4.79 Å². The van der Waals surface area contributed by atoms with Crippen LogP contribution in [-0.4, -0.2) is 47.9 Å². The van der Waals surface area contributed by atoms with Gasteiger partial charge < -0.3 is 10.6 Å². The normalized spacial score (nSPS) is 25.0. The first-order valence-electron chi connectivity index (χ1n) is 9.08. The van der Waals surface area contributed by atoms with Crippen LogP contribution in [0, 0.1) is 5.92 Å². The predicted octanol–water partition coefficient (Wildman–Crippen LogP) is 3.91. The number of halogens is 3. The highest BCUT2D eigenvalue weighted by atomic mass is 35.5. The molecule has 1 heterocycles. The van der Waals surface area contributed by atoms with Gasteiger partial charge in [-0.2, -0.15) is 0 Å². The maximum atomic E-state index is 12.7. The molecule has 3 rings (SSSR count). The molecule has 0 radical (unpaired) electrons. The van der Waals surface area contributed by atoms with Gasteiger partial charge in [-0.15, -0.1) is 24.8 Å². The number of nitrogens with two attached hydrogens (primary N) is 1. The minimum Gasteiger partial charge on any atom is -0.340 e. The van der Waals surface area contributed by atoms with Gasteiger partial charge in [0.2, 0.25) is 5.91 Å². The lowest BCUT2D eigenvalue weighted by Gasteiger charge is -2.40. The second-order valence-electron chi connectivity index (χ2n) is 7.21. The van der Waals surface area contributed by atoms with Gasteiger partial charge in [0.05, 0.1) is 0 Å². The van der Waals surface area contributed by atoms with Crippen molar-refractivity contribution in [3.8, 4) is 0 Å². The van der Waals surface area contributed by atoms with Crippen molar-refractivity contribution in [3.63, 3.8) is 0 Å². The summed E-state index contributed by atoms with van der Waals surface area (Å²) in [6.07, 6.45) is 4.02. The van der Waals surface area contributed by atoms with Crippen LogP contribution in [0.5, 0.6) is 0 Å². The fraction of sp³-hybridized carbons (Fsp3) is 0.632. The van der Waals surface area contributed by atoms with Crippen LogP contribution in [0.4, 0.5) is 0 Å². The fourth-order valence-corrected chi connectivity index (χ4v) is 4.12. The summed E-state index contributed by atoms with van der Waals surface area (Å²) in [7, 11) is 0. The zero-order chi connectivity index (χ0) is 17.1. The molecule has 7 heteroatoms. The van der Waals surface area contributed by atoms with Crippen LogP contribution in [0.3, 0.4) is 0 Å². The van der Waals surface area contributed by atoms with Crippen molar-refractivity contribution >= 4 is 42.3 Å². The van der Waals surface area contributed by atoms with Gasteiger partial charge in [0.1, 0.15) is 0 Å². The molecule has 2 aliphatic rings. The number of nitrogens with zero attached hydrogens (tertiary/aromatic N) is 2. The monoisotopic (exact) mass is 421 g/mol. The lowest BCUT2D eigenvalue weighted by molar-refractivity contribution is -0.138. The molecule has 0 aromatic heterocycles. The molecule has 1 aromatic rings. The number of piperazine rings is 1. The van der Waals surface area contributed by atoms with E-state index in [2.05, 4.69) is 24.0 Å². The topological polar surface area (TPSA) is 49.6 Å². The Labute approximate surface area is 174 Å². The number of carbonyl (C=O) groups excluding carboxylic acids is 1. The average Bonchev–Trinajstić information content (AvgIpc) is 2.61. The Morgan fingerprint density at radius 2 is 1.73 bits per heavy atom. The summed E-state index contributed by atoms with van der Waals surface area (Å²) in [6.45, 7) is 5.72. The van der Waals surface area contributed by atoms with Gasteiger partial charge in [-0.05, 0) is 43.9 Å². The van der Waals surface area contributed by atoms with Crippen LogP contribution in [-0.2, 0) is 4.79 Å². The molecule has 1 aliphatic carbocycles. The van der Waals surface area contributed by atoms with Gasteiger partial charge in [-0.3, -0.25) is 9.69 Å². The molecule has 0 bridgehead atoms. The Morgan fingerprint density at radius 1 is 1.12 bits per heavy atom. The van der Waals surface area contributed by atoms with E-state index < -0.39 is 0 Å². The third-order valence-electron chi connectivity index (χ3n) is 5.59. The van der Waals surface area contributed by atoms with E-state index in [0.717, 1.165) is 56.9 Å². The highest BCUT2D eigenvalue weighted by Crippen LogP contribution is 2.27. The highest BCUT2D eigenvalue weighted by molar-refractivity contribution is 6.30. The van der Waals surface area contributed by atoms with Crippen molar-refractivity contribution in [2.45, 2.75) is 44.7 Å². The number of rotatable bonds is 3. The number of amides is 1. The molecule has 2 N–H and O–H groups in total. The van der Waals surface area contributed by atoms with Crippen molar-refractivity contribution in [1.29, 1.82) is 0 Å². The minimum atomic E-state index is 0. The summed E-state index contributed by atoms with van der Waals surface area (Å²) in [4.78, 5) is 17.2. The van der Waals surface area contributed by atoms with Crippen LogP contribution in [0.1, 0.15) is 44.2 Å². The van der Waals surface area contributed by atoms with Crippen molar-refractivity contribution in [2.75, 3.05) is 26.2 Å². The smallest absolute Gasteiger partial charge is 0.225 e. The maximum Gasteiger partial charge on any atom is 0.225 e. The van der Waals surface area contributed by atoms with Crippen LogP contribution < -0.4 is 5.73 Å². The summed E-state index contributed by atoms with van der Waals surface area (Å²) >= 11 is 5.97. The molecule has 3 atom stereocenters. The summed E-state index contributed by atoms with van der Waals surface area (Å²) < 4.78 is 0. The standard InChI is InChI=1S/C19H28ClN3O.2ClH/c1-14(15-5-7-17(20)8-6-15)22-9-11-23(12-10-22)19(24)16-3-2-4-18(21)13-16;;/h5-8,14,16,18H,2-4,9-13,21H2,1H3;2*1H. The number of hydrogen-bond acceptors (Lipinski definition) is 3.